The zero-order valence-corrected chi connectivity index (χ0v) is 7.26. The van der Waals surface area contributed by atoms with Gasteiger partial charge in [0, 0.05) is 5.33 Å². The van der Waals surface area contributed by atoms with Crippen molar-refractivity contribution in [3.8, 4) is 0 Å². The summed E-state index contributed by atoms with van der Waals surface area (Å²) < 4.78 is 0. The van der Waals surface area contributed by atoms with Crippen LogP contribution in [0.2, 0.25) is 0 Å². The van der Waals surface area contributed by atoms with E-state index in [1.807, 2.05) is 18.2 Å². The van der Waals surface area contributed by atoms with E-state index in [1.165, 1.54) is 11.1 Å². The van der Waals surface area contributed by atoms with E-state index in [4.69, 9.17) is 0 Å². The fraction of sp³-hybridized carbons (Fsp3) is 0.111. The van der Waals surface area contributed by atoms with Crippen molar-refractivity contribution in [2.75, 3.05) is 0 Å². The molecule has 0 nitrogen and oxygen atoms in total. The standard InChI is InChI=1S/C9H9Br/c1-2-8-4-3-5-9(6-8)7-10/h2-6H,1,7H2. The van der Waals surface area contributed by atoms with Crippen LogP contribution in [0, 0.1) is 0 Å². The van der Waals surface area contributed by atoms with Gasteiger partial charge in [0.1, 0.15) is 0 Å². The minimum atomic E-state index is 0.911. The Kier molecular flexibility index (Phi) is 2.69. The van der Waals surface area contributed by atoms with E-state index in [0.717, 1.165) is 5.33 Å². The topological polar surface area (TPSA) is 0 Å². The molecule has 0 aromatic heterocycles. The van der Waals surface area contributed by atoms with Gasteiger partial charge >= 0.3 is 0 Å². The summed E-state index contributed by atoms with van der Waals surface area (Å²) in [5, 5.41) is 0.911. The molecule has 10 heavy (non-hydrogen) atoms. The number of hydrogen-bond acceptors (Lipinski definition) is 0. The van der Waals surface area contributed by atoms with Crippen LogP contribution in [0.25, 0.3) is 6.08 Å². The minimum Gasteiger partial charge on any atom is -0.0985 e. The predicted molar refractivity (Wildman–Crippen MR) is 49.2 cm³/mol. The van der Waals surface area contributed by atoms with Gasteiger partial charge in [-0.2, -0.15) is 0 Å². The first-order valence-electron chi connectivity index (χ1n) is 3.14. The lowest BCUT2D eigenvalue weighted by molar-refractivity contribution is 1.43. The molecule has 0 aliphatic rings. The number of hydrogen-bond donors (Lipinski definition) is 0. The zero-order valence-electron chi connectivity index (χ0n) is 5.68. The van der Waals surface area contributed by atoms with Gasteiger partial charge in [-0.25, -0.2) is 0 Å². The Balaban J connectivity index is 2.98. The van der Waals surface area contributed by atoms with Crippen molar-refractivity contribution in [2.45, 2.75) is 5.33 Å². The summed E-state index contributed by atoms with van der Waals surface area (Å²) in [6, 6.07) is 8.27. The molecule has 0 aliphatic carbocycles. The van der Waals surface area contributed by atoms with Crippen LogP contribution in [0.5, 0.6) is 0 Å². The summed E-state index contributed by atoms with van der Waals surface area (Å²) in [6.45, 7) is 3.69. The second-order valence-electron chi connectivity index (χ2n) is 2.08. The van der Waals surface area contributed by atoms with Crippen molar-refractivity contribution in [3.05, 3.63) is 42.0 Å². The molecule has 0 atom stereocenters. The van der Waals surface area contributed by atoms with Crippen molar-refractivity contribution >= 4 is 22.0 Å². The van der Waals surface area contributed by atoms with E-state index in [2.05, 4.69) is 34.6 Å². The summed E-state index contributed by atoms with van der Waals surface area (Å²) in [6.07, 6.45) is 1.85. The summed E-state index contributed by atoms with van der Waals surface area (Å²) in [5.41, 5.74) is 2.47. The molecule has 0 aliphatic heterocycles. The molecule has 0 bridgehead atoms. The monoisotopic (exact) mass is 196 g/mol. The second-order valence-corrected chi connectivity index (χ2v) is 2.64. The molecule has 0 saturated carbocycles. The van der Waals surface area contributed by atoms with E-state index < -0.39 is 0 Å². The van der Waals surface area contributed by atoms with Crippen LogP contribution in [0.1, 0.15) is 11.1 Å². The van der Waals surface area contributed by atoms with Gasteiger partial charge in [0.2, 0.25) is 0 Å². The molecule has 52 valence electrons. The number of rotatable bonds is 2. The molecule has 0 spiro atoms. The van der Waals surface area contributed by atoms with Crippen molar-refractivity contribution < 1.29 is 0 Å². The first-order chi connectivity index (χ1) is 4.86. The quantitative estimate of drug-likeness (QED) is 0.638. The molecule has 1 aromatic rings. The van der Waals surface area contributed by atoms with E-state index in [-0.39, 0.29) is 0 Å². The minimum absolute atomic E-state index is 0.911. The average molecular weight is 197 g/mol. The molecule has 0 unspecified atom stereocenters. The van der Waals surface area contributed by atoms with Crippen LogP contribution in [-0.2, 0) is 5.33 Å². The maximum absolute atomic E-state index is 3.69. The van der Waals surface area contributed by atoms with Crippen LogP contribution >= 0.6 is 15.9 Å². The van der Waals surface area contributed by atoms with Crippen LogP contribution in [0.3, 0.4) is 0 Å². The fourth-order valence-corrected chi connectivity index (χ4v) is 1.15. The number of benzene rings is 1. The molecule has 0 fully saturated rings. The molecule has 0 saturated heterocycles. The van der Waals surface area contributed by atoms with Gasteiger partial charge in [-0.1, -0.05) is 52.9 Å². The van der Waals surface area contributed by atoms with Crippen LogP contribution in [0.15, 0.2) is 30.8 Å². The number of alkyl halides is 1. The molecule has 1 aromatic carbocycles. The van der Waals surface area contributed by atoms with E-state index >= 15 is 0 Å². The Morgan fingerprint density at radius 1 is 1.50 bits per heavy atom. The Hall–Kier alpha value is -0.560. The van der Waals surface area contributed by atoms with Gasteiger partial charge in [0.05, 0.1) is 0 Å². The largest absolute Gasteiger partial charge is 0.0985 e. The van der Waals surface area contributed by atoms with Gasteiger partial charge in [-0.15, -0.1) is 0 Å². The van der Waals surface area contributed by atoms with Crippen molar-refractivity contribution in [1.82, 2.24) is 0 Å². The SMILES string of the molecule is C=Cc1cccc(CBr)c1. The zero-order chi connectivity index (χ0) is 7.40. The Morgan fingerprint density at radius 3 is 2.90 bits per heavy atom. The molecule has 0 radical (unpaired) electrons. The van der Waals surface area contributed by atoms with Crippen molar-refractivity contribution in [3.63, 3.8) is 0 Å². The summed E-state index contributed by atoms with van der Waals surface area (Å²) in [5.74, 6) is 0. The summed E-state index contributed by atoms with van der Waals surface area (Å²) in [7, 11) is 0. The van der Waals surface area contributed by atoms with E-state index in [0.29, 0.717) is 0 Å². The molecular formula is C9H9Br. The van der Waals surface area contributed by atoms with Crippen LogP contribution < -0.4 is 0 Å². The molecule has 0 N–H and O–H groups in total. The highest BCUT2D eigenvalue weighted by atomic mass is 79.9. The summed E-state index contributed by atoms with van der Waals surface area (Å²) in [4.78, 5) is 0. The maximum atomic E-state index is 3.69. The lowest BCUT2D eigenvalue weighted by atomic mass is 10.1. The normalized spacial score (nSPS) is 9.30. The maximum Gasteiger partial charge on any atom is 0.0283 e. The molecular weight excluding hydrogens is 188 g/mol. The Morgan fingerprint density at radius 2 is 2.30 bits per heavy atom. The van der Waals surface area contributed by atoms with E-state index in [9.17, 15) is 0 Å². The third-order valence-electron chi connectivity index (χ3n) is 1.34. The number of halogens is 1. The smallest absolute Gasteiger partial charge is 0.0283 e. The summed E-state index contributed by atoms with van der Waals surface area (Å²) >= 11 is 3.39. The highest BCUT2D eigenvalue weighted by Gasteiger charge is 1.88. The van der Waals surface area contributed by atoms with Gasteiger partial charge in [0.15, 0.2) is 0 Å². The van der Waals surface area contributed by atoms with Gasteiger partial charge in [-0.05, 0) is 11.1 Å². The van der Waals surface area contributed by atoms with E-state index in [1.54, 1.807) is 0 Å². The first kappa shape index (κ1) is 7.55. The molecule has 0 amide bonds. The van der Waals surface area contributed by atoms with Crippen LogP contribution in [-0.4, -0.2) is 0 Å². The second kappa shape index (κ2) is 3.57. The Bertz CT molecular complexity index is 228. The molecule has 1 rings (SSSR count). The van der Waals surface area contributed by atoms with Gasteiger partial charge in [-0.3, -0.25) is 0 Å². The van der Waals surface area contributed by atoms with Crippen molar-refractivity contribution in [2.24, 2.45) is 0 Å². The van der Waals surface area contributed by atoms with Gasteiger partial charge in [0.25, 0.3) is 0 Å². The highest BCUT2D eigenvalue weighted by molar-refractivity contribution is 9.08. The molecule has 0 heterocycles. The van der Waals surface area contributed by atoms with Crippen LogP contribution in [0.4, 0.5) is 0 Å². The third kappa shape index (κ3) is 1.71. The fourth-order valence-electron chi connectivity index (χ4n) is 0.803. The molecule has 1 heteroatoms. The van der Waals surface area contributed by atoms with Crippen molar-refractivity contribution in [1.29, 1.82) is 0 Å². The lowest BCUT2D eigenvalue weighted by Gasteiger charge is -1.95. The first-order valence-corrected chi connectivity index (χ1v) is 4.26. The highest BCUT2D eigenvalue weighted by Crippen LogP contribution is 2.08. The predicted octanol–water partition coefficient (Wildman–Crippen LogP) is 3.22. The van der Waals surface area contributed by atoms with Gasteiger partial charge < -0.3 is 0 Å². The third-order valence-corrected chi connectivity index (χ3v) is 1.99. The Labute approximate surface area is 69.7 Å². The average Bonchev–Trinajstić information content (AvgIpc) is 2.05. The lowest BCUT2D eigenvalue weighted by Crippen LogP contribution is -1.76.